The van der Waals surface area contributed by atoms with Crippen molar-refractivity contribution in [3.63, 3.8) is 0 Å². The molecule has 3 rings (SSSR count). The van der Waals surface area contributed by atoms with Crippen molar-refractivity contribution < 1.29 is 4.79 Å². The monoisotopic (exact) mass is 336 g/mol. The first-order chi connectivity index (χ1) is 10.7. The average molecular weight is 337 g/mol. The Morgan fingerprint density at radius 1 is 1.41 bits per heavy atom. The van der Waals surface area contributed by atoms with Crippen molar-refractivity contribution in [1.82, 2.24) is 14.5 Å². The van der Waals surface area contributed by atoms with Crippen LogP contribution in [0.15, 0.2) is 30.3 Å². The first-order valence-electron chi connectivity index (χ1n) is 7.28. The van der Waals surface area contributed by atoms with Crippen LogP contribution in [0.1, 0.15) is 19.0 Å². The largest absolute Gasteiger partial charge is 0.311 e. The summed E-state index contributed by atoms with van der Waals surface area (Å²) in [6, 6.07) is 9.68. The molecule has 5 nitrogen and oxygen atoms in total. The van der Waals surface area contributed by atoms with Crippen LogP contribution in [0.5, 0.6) is 0 Å². The molecule has 7 heteroatoms. The molecule has 0 N–H and O–H groups in total. The highest BCUT2D eigenvalue weighted by Crippen LogP contribution is 2.26. The van der Waals surface area contributed by atoms with Crippen LogP contribution in [0.4, 0.5) is 5.69 Å². The summed E-state index contributed by atoms with van der Waals surface area (Å²) < 4.78 is 4.46. The Morgan fingerprint density at radius 2 is 2.18 bits per heavy atom. The Kier molecular flexibility index (Phi) is 4.71. The number of amides is 1. The van der Waals surface area contributed by atoms with Crippen LogP contribution < -0.4 is 4.90 Å². The van der Waals surface area contributed by atoms with Gasteiger partial charge in [0.2, 0.25) is 5.91 Å². The molecule has 116 valence electrons. The van der Waals surface area contributed by atoms with E-state index < -0.39 is 0 Å². The molecule has 1 fully saturated rings. The van der Waals surface area contributed by atoms with Crippen molar-refractivity contribution in [1.29, 1.82) is 0 Å². The molecule has 0 spiro atoms. The summed E-state index contributed by atoms with van der Waals surface area (Å²) in [5.74, 6) is 0.146. The van der Waals surface area contributed by atoms with Crippen LogP contribution in [-0.4, -0.2) is 39.5 Å². The summed E-state index contributed by atoms with van der Waals surface area (Å²) in [6.07, 6.45) is 0.816. The Hall–Kier alpha value is -1.50. The lowest BCUT2D eigenvalue weighted by atomic mass is 10.2. The highest BCUT2D eigenvalue weighted by Gasteiger charge is 2.36. The highest BCUT2D eigenvalue weighted by atomic mass is 35.5. The van der Waals surface area contributed by atoms with Crippen LogP contribution in [0.2, 0.25) is 4.34 Å². The number of hydrogen-bond donors (Lipinski definition) is 0. The topological polar surface area (TPSA) is 49.3 Å². The second-order valence-corrected chi connectivity index (χ2v) is 6.54. The van der Waals surface area contributed by atoms with Gasteiger partial charge in [-0.15, -0.1) is 5.10 Å². The molecule has 2 aromatic rings. The number of carbonyl (C=O) groups is 1. The van der Waals surface area contributed by atoms with Gasteiger partial charge in [-0.2, -0.15) is 0 Å². The standard InChI is InChI=1S/C15H17ClN4OS/c1-2-19(10-12-14(16)22-18-17-12)13-8-9-20(15(13)21)11-6-4-3-5-7-11/h3-7,13H,2,8-10H2,1H3. The number of halogens is 1. The molecule has 1 aromatic heterocycles. The van der Waals surface area contributed by atoms with Gasteiger partial charge in [0, 0.05) is 30.3 Å². The first kappa shape index (κ1) is 15.4. The van der Waals surface area contributed by atoms with Crippen molar-refractivity contribution in [3.8, 4) is 0 Å². The third-order valence-corrected chi connectivity index (χ3v) is 4.94. The molecule has 1 aliphatic heterocycles. The molecule has 22 heavy (non-hydrogen) atoms. The summed E-state index contributed by atoms with van der Waals surface area (Å²) in [5, 5.41) is 4.05. The fourth-order valence-electron chi connectivity index (χ4n) is 2.79. The van der Waals surface area contributed by atoms with Crippen LogP contribution >= 0.6 is 23.1 Å². The molecule has 0 saturated carbocycles. The van der Waals surface area contributed by atoms with Crippen molar-refractivity contribution >= 4 is 34.7 Å². The van der Waals surface area contributed by atoms with Crippen LogP contribution in [-0.2, 0) is 11.3 Å². The third kappa shape index (κ3) is 2.99. The number of hydrogen-bond acceptors (Lipinski definition) is 5. The second kappa shape index (κ2) is 6.73. The Morgan fingerprint density at radius 3 is 2.82 bits per heavy atom. The quantitative estimate of drug-likeness (QED) is 0.842. The lowest BCUT2D eigenvalue weighted by Crippen LogP contribution is -2.41. The van der Waals surface area contributed by atoms with Gasteiger partial charge in [0.15, 0.2) is 0 Å². The Labute approximate surface area is 138 Å². The minimum atomic E-state index is -0.122. The molecular formula is C15H17ClN4OS. The number of aromatic nitrogens is 2. The molecule has 1 aliphatic rings. The number of likely N-dealkylation sites (N-methyl/N-ethyl adjacent to an activating group) is 1. The van der Waals surface area contributed by atoms with Crippen LogP contribution in [0.25, 0.3) is 0 Å². The van der Waals surface area contributed by atoms with Gasteiger partial charge in [-0.3, -0.25) is 9.69 Å². The molecule has 1 aromatic carbocycles. The van der Waals surface area contributed by atoms with Gasteiger partial charge in [-0.1, -0.05) is 41.2 Å². The summed E-state index contributed by atoms with van der Waals surface area (Å²) in [5.41, 5.74) is 1.71. The van der Waals surface area contributed by atoms with Gasteiger partial charge in [-0.25, -0.2) is 0 Å². The fraction of sp³-hybridized carbons (Fsp3) is 0.400. The van der Waals surface area contributed by atoms with Gasteiger partial charge < -0.3 is 4.90 Å². The molecule has 0 radical (unpaired) electrons. The first-order valence-corrected chi connectivity index (χ1v) is 8.43. The van der Waals surface area contributed by atoms with Gasteiger partial charge >= 0.3 is 0 Å². The van der Waals surface area contributed by atoms with Crippen LogP contribution in [0, 0.1) is 0 Å². The molecule has 0 aliphatic carbocycles. The Bertz CT molecular complexity index is 648. The zero-order valence-electron chi connectivity index (χ0n) is 12.3. The number of carbonyl (C=O) groups excluding carboxylic acids is 1. The molecular weight excluding hydrogens is 320 g/mol. The normalized spacial score (nSPS) is 18.4. The van der Waals surface area contributed by atoms with E-state index in [1.807, 2.05) is 42.2 Å². The highest BCUT2D eigenvalue weighted by molar-refractivity contribution is 7.10. The zero-order valence-corrected chi connectivity index (χ0v) is 13.8. The second-order valence-electron chi connectivity index (χ2n) is 5.19. The van der Waals surface area contributed by atoms with Crippen molar-refractivity contribution in [2.75, 3.05) is 18.0 Å². The number of rotatable bonds is 5. The predicted molar refractivity (Wildman–Crippen MR) is 88.2 cm³/mol. The maximum absolute atomic E-state index is 12.7. The molecule has 1 atom stereocenters. The summed E-state index contributed by atoms with van der Waals surface area (Å²) in [4.78, 5) is 16.7. The maximum Gasteiger partial charge on any atom is 0.244 e. The number of benzene rings is 1. The fourth-order valence-corrected chi connectivity index (χ4v) is 3.41. The SMILES string of the molecule is CCN(Cc1nnsc1Cl)C1CCN(c2ccccc2)C1=O. The zero-order chi connectivity index (χ0) is 15.5. The van der Waals surface area contributed by atoms with E-state index >= 15 is 0 Å². The van der Waals surface area contributed by atoms with Gasteiger partial charge in [0.05, 0.1) is 6.04 Å². The number of para-hydroxylation sites is 1. The Balaban J connectivity index is 1.74. The van der Waals surface area contributed by atoms with Gasteiger partial charge in [0.1, 0.15) is 10.0 Å². The van der Waals surface area contributed by atoms with Crippen molar-refractivity contribution in [3.05, 3.63) is 40.4 Å². The minimum Gasteiger partial charge on any atom is -0.311 e. The molecule has 1 unspecified atom stereocenters. The number of anilines is 1. The summed E-state index contributed by atoms with van der Waals surface area (Å²) in [7, 11) is 0. The summed E-state index contributed by atoms with van der Waals surface area (Å²) in [6.45, 7) is 4.12. The predicted octanol–water partition coefficient (Wildman–Crippen LogP) is 2.82. The van der Waals surface area contributed by atoms with E-state index in [4.69, 9.17) is 11.6 Å². The molecule has 2 heterocycles. The van der Waals surface area contributed by atoms with E-state index in [0.29, 0.717) is 10.9 Å². The minimum absolute atomic E-state index is 0.122. The molecule has 0 bridgehead atoms. The molecule has 1 saturated heterocycles. The van der Waals surface area contributed by atoms with Crippen molar-refractivity contribution in [2.24, 2.45) is 0 Å². The average Bonchev–Trinajstić information content (AvgIpc) is 3.12. The van der Waals surface area contributed by atoms with E-state index in [0.717, 1.165) is 30.9 Å². The lowest BCUT2D eigenvalue weighted by molar-refractivity contribution is -0.121. The van der Waals surface area contributed by atoms with E-state index in [1.54, 1.807) is 0 Å². The van der Waals surface area contributed by atoms with Crippen LogP contribution in [0.3, 0.4) is 0 Å². The van der Waals surface area contributed by atoms with E-state index in [1.165, 1.54) is 11.5 Å². The number of nitrogens with zero attached hydrogens (tertiary/aromatic N) is 4. The van der Waals surface area contributed by atoms with E-state index in [2.05, 4.69) is 14.5 Å². The third-order valence-electron chi connectivity index (χ3n) is 3.95. The smallest absolute Gasteiger partial charge is 0.244 e. The van der Waals surface area contributed by atoms with Gasteiger partial charge in [-0.05, 0) is 25.1 Å². The maximum atomic E-state index is 12.7. The molecule has 1 amide bonds. The van der Waals surface area contributed by atoms with Crippen molar-refractivity contribution in [2.45, 2.75) is 25.9 Å². The van der Waals surface area contributed by atoms with Gasteiger partial charge in [0.25, 0.3) is 0 Å². The van der Waals surface area contributed by atoms with E-state index in [9.17, 15) is 4.79 Å². The van der Waals surface area contributed by atoms with E-state index in [-0.39, 0.29) is 11.9 Å². The summed E-state index contributed by atoms with van der Waals surface area (Å²) >= 11 is 7.26. The lowest BCUT2D eigenvalue weighted by Gasteiger charge is -2.25.